The van der Waals surface area contributed by atoms with Crippen molar-refractivity contribution >= 4 is 21.6 Å². The summed E-state index contributed by atoms with van der Waals surface area (Å²) in [7, 11) is 0. The Bertz CT molecular complexity index is 353. The molecule has 0 amide bonds. The van der Waals surface area contributed by atoms with Crippen molar-refractivity contribution in [1.82, 2.24) is 0 Å². The van der Waals surface area contributed by atoms with Crippen molar-refractivity contribution in [2.24, 2.45) is 0 Å². The van der Waals surface area contributed by atoms with Crippen LogP contribution < -0.4 is 5.32 Å². The average molecular weight is 270 g/mol. The van der Waals surface area contributed by atoms with Crippen LogP contribution in [-0.2, 0) is 4.74 Å². The molecule has 1 aliphatic heterocycles. The van der Waals surface area contributed by atoms with Gasteiger partial charge in [-0.25, -0.2) is 0 Å². The van der Waals surface area contributed by atoms with Gasteiger partial charge in [0.15, 0.2) is 0 Å². The molecule has 2 rings (SSSR count). The zero-order chi connectivity index (χ0) is 10.8. The third kappa shape index (κ3) is 2.52. The third-order valence-corrected chi connectivity index (χ3v) is 3.50. The van der Waals surface area contributed by atoms with Crippen molar-refractivity contribution in [2.75, 3.05) is 11.9 Å². The fraction of sp³-hybridized carbons (Fsp3) is 0.500. The van der Waals surface area contributed by atoms with Gasteiger partial charge in [-0.15, -0.1) is 0 Å². The Balaban J connectivity index is 2.10. The van der Waals surface area contributed by atoms with Crippen LogP contribution in [0.15, 0.2) is 22.7 Å². The molecule has 0 aliphatic carbocycles. The first-order chi connectivity index (χ1) is 7.16. The van der Waals surface area contributed by atoms with E-state index in [4.69, 9.17) is 4.74 Å². The molecule has 15 heavy (non-hydrogen) atoms. The molecule has 2 atom stereocenters. The summed E-state index contributed by atoms with van der Waals surface area (Å²) in [6.07, 6.45) is 1.39. The number of ether oxygens (including phenoxy) is 1. The first kappa shape index (κ1) is 11.0. The van der Waals surface area contributed by atoms with Gasteiger partial charge >= 0.3 is 0 Å². The second-order valence-electron chi connectivity index (χ2n) is 4.10. The monoisotopic (exact) mass is 269 g/mol. The normalized spacial score (nSPS) is 25.5. The molecule has 1 aliphatic rings. The van der Waals surface area contributed by atoms with Gasteiger partial charge in [-0.1, -0.05) is 6.07 Å². The Kier molecular flexibility index (Phi) is 3.32. The van der Waals surface area contributed by atoms with Crippen molar-refractivity contribution in [3.8, 4) is 0 Å². The Morgan fingerprint density at radius 2 is 2.27 bits per heavy atom. The number of halogens is 1. The lowest BCUT2D eigenvalue weighted by molar-refractivity contribution is 0.121. The van der Waals surface area contributed by atoms with Gasteiger partial charge < -0.3 is 10.1 Å². The molecule has 82 valence electrons. The lowest BCUT2D eigenvalue weighted by Gasteiger charge is -2.18. The first-order valence-electron chi connectivity index (χ1n) is 5.31. The average Bonchev–Trinajstić information content (AvgIpc) is 2.57. The second-order valence-corrected chi connectivity index (χ2v) is 4.95. The predicted octanol–water partition coefficient (Wildman–Crippen LogP) is 3.35. The molecule has 0 unspecified atom stereocenters. The molecule has 1 heterocycles. The van der Waals surface area contributed by atoms with Gasteiger partial charge in [0.1, 0.15) is 0 Å². The van der Waals surface area contributed by atoms with E-state index in [1.54, 1.807) is 0 Å². The molecule has 1 aromatic carbocycles. The fourth-order valence-electron chi connectivity index (χ4n) is 1.86. The lowest BCUT2D eigenvalue weighted by atomic mass is 10.1. The van der Waals surface area contributed by atoms with E-state index in [9.17, 15) is 0 Å². The van der Waals surface area contributed by atoms with Crippen LogP contribution in [0.2, 0.25) is 0 Å². The smallest absolute Gasteiger partial charge is 0.0748 e. The van der Waals surface area contributed by atoms with E-state index >= 15 is 0 Å². The summed E-state index contributed by atoms with van der Waals surface area (Å²) in [5.41, 5.74) is 2.42. The fourth-order valence-corrected chi connectivity index (χ4v) is 2.47. The predicted molar refractivity (Wildman–Crippen MR) is 66.3 cm³/mol. The molecule has 0 saturated carbocycles. The number of nitrogens with one attached hydrogen (secondary N) is 1. The van der Waals surface area contributed by atoms with E-state index in [1.165, 1.54) is 5.56 Å². The summed E-state index contributed by atoms with van der Waals surface area (Å²) in [6.45, 7) is 5.07. The number of aryl methyl sites for hydroxylation is 1. The molecule has 2 nitrogen and oxygen atoms in total. The number of rotatable bonds is 2. The van der Waals surface area contributed by atoms with Gasteiger partial charge in [0, 0.05) is 16.8 Å². The molecule has 0 aromatic heterocycles. The van der Waals surface area contributed by atoms with E-state index in [0.29, 0.717) is 12.1 Å². The largest absolute Gasteiger partial charge is 0.379 e. The first-order valence-corrected chi connectivity index (χ1v) is 6.10. The molecule has 0 spiro atoms. The summed E-state index contributed by atoms with van der Waals surface area (Å²) in [6, 6.07) is 6.80. The number of hydrogen-bond donors (Lipinski definition) is 1. The van der Waals surface area contributed by atoms with Crippen LogP contribution >= 0.6 is 15.9 Å². The van der Waals surface area contributed by atoms with Crippen LogP contribution in [0.1, 0.15) is 18.9 Å². The Labute approximate surface area is 99.1 Å². The van der Waals surface area contributed by atoms with Gasteiger partial charge in [-0.3, -0.25) is 0 Å². The van der Waals surface area contributed by atoms with Crippen LogP contribution in [-0.4, -0.2) is 18.8 Å². The Hall–Kier alpha value is -0.540. The minimum absolute atomic E-state index is 0.304. The molecule has 0 bridgehead atoms. The van der Waals surface area contributed by atoms with Crippen LogP contribution in [0.25, 0.3) is 0 Å². The summed E-state index contributed by atoms with van der Waals surface area (Å²) in [5, 5.41) is 3.51. The van der Waals surface area contributed by atoms with Crippen LogP contribution in [0.3, 0.4) is 0 Å². The van der Waals surface area contributed by atoms with E-state index in [0.717, 1.165) is 23.2 Å². The maximum atomic E-state index is 5.52. The zero-order valence-electron chi connectivity index (χ0n) is 9.09. The number of benzene rings is 1. The molecule has 1 N–H and O–H groups in total. The van der Waals surface area contributed by atoms with Crippen LogP contribution in [0.4, 0.5) is 5.69 Å². The van der Waals surface area contributed by atoms with Gasteiger partial charge in [-0.2, -0.15) is 0 Å². The summed E-state index contributed by atoms with van der Waals surface area (Å²) in [4.78, 5) is 0. The Morgan fingerprint density at radius 1 is 1.47 bits per heavy atom. The Morgan fingerprint density at radius 3 is 2.87 bits per heavy atom. The quantitative estimate of drug-likeness (QED) is 0.889. The van der Waals surface area contributed by atoms with E-state index in [1.807, 2.05) is 0 Å². The minimum atomic E-state index is 0.304. The molecule has 1 fully saturated rings. The van der Waals surface area contributed by atoms with Gasteiger partial charge in [-0.05, 0) is 53.9 Å². The third-order valence-electron chi connectivity index (χ3n) is 2.84. The molecule has 0 radical (unpaired) electrons. The van der Waals surface area contributed by atoms with E-state index < -0.39 is 0 Å². The topological polar surface area (TPSA) is 21.3 Å². The number of anilines is 1. The molecule has 3 heteroatoms. The highest BCUT2D eigenvalue weighted by molar-refractivity contribution is 9.10. The molecule has 1 aromatic rings. The lowest BCUT2D eigenvalue weighted by Crippen LogP contribution is -2.26. The van der Waals surface area contributed by atoms with Crippen molar-refractivity contribution < 1.29 is 4.74 Å². The van der Waals surface area contributed by atoms with Crippen LogP contribution in [0.5, 0.6) is 0 Å². The SMILES string of the molecule is Cc1ccc(N[C@H]2CCO[C@H]2C)c(Br)c1. The number of hydrogen-bond acceptors (Lipinski definition) is 2. The van der Waals surface area contributed by atoms with Crippen molar-refractivity contribution in [2.45, 2.75) is 32.4 Å². The highest BCUT2D eigenvalue weighted by atomic mass is 79.9. The highest BCUT2D eigenvalue weighted by Crippen LogP contribution is 2.26. The summed E-state index contributed by atoms with van der Waals surface area (Å²) < 4.78 is 6.65. The molecular weight excluding hydrogens is 254 g/mol. The van der Waals surface area contributed by atoms with Crippen LogP contribution in [0, 0.1) is 6.92 Å². The summed E-state index contributed by atoms with van der Waals surface area (Å²) >= 11 is 3.57. The van der Waals surface area contributed by atoms with Crippen molar-refractivity contribution in [3.63, 3.8) is 0 Å². The second kappa shape index (κ2) is 4.54. The maximum absolute atomic E-state index is 5.52. The van der Waals surface area contributed by atoms with E-state index in [-0.39, 0.29) is 0 Å². The maximum Gasteiger partial charge on any atom is 0.0748 e. The van der Waals surface area contributed by atoms with Gasteiger partial charge in [0.2, 0.25) is 0 Å². The van der Waals surface area contributed by atoms with Gasteiger partial charge in [0.05, 0.1) is 12.1 Å². The molecular formula is C12H16BrNO. The zero-order valence-corrected chi connectivity index (χ0v) is 10.7. The minimum Gasteiger partial charge on any atom is -0.379 e. The highest BCUT2D eigenvalue weighted by Gasteiger charge is 2.24. The standard InChI is InChI=1S/C12H16BrNO/c1-8-3-4-12(10(13)7-8)14-11-5-6-15-9(11)2/h3-4,7,9,11,14H,5-6H2,1-2H3/t9-,11-/m0/s1. The van der Waals surface area contributed by atoms with Crippen molar-refractivity contribution in [1.29, 1.82) is 0 Å². The summed E-state index contributed by atoms with van der Waals surface area (Å²) in [5.74, 6) is 0. The molecule has 1 saturated heterocycles. The van der Waals surface area contributed by atoms with Gasteiger partial charge in [0.25, 0.3) is 0 Å². The van der Waals surface area contributed by atoms with E-state index in [2.05, 4.69) is 53.3 Å². The van der Waals surface area contributed by atoms with Crippen molar-refractivity contribution in [3.05, 3.63) is 28.2 Å².